The van der Waals surface area contributed by atoms with Crippen LogP contribution in [0, 0.1) is 18.2 Å². The Morgan fingerprint density at radius 2 is 1.73 bits per heavy atom. The molecule has 3 aromatic carbocycles. The van der Waals surface area contributed by atoms with Gasteiger partial charge in [-0.15, -0.1) is 6.42 Å². The molecule has 2 atom stereocenters. The Morgan fingerprint density at radius 3 is 2.36 bits per heavy atom. The van der Waals surface area contributed by atoms with Gasteiger partial charge in [0.15, 0.2) is 0 Å². The zero-order chi connectivity index (χ0) is 32.5. The lowest BCUT2D eigenvalue weighted by molar-refractivity contribution is -0.137. The van der Waals surface area contributed by atoms with Crippen LogP contribution >= 0.6 is 0 Å². The lowest BCUT2D eigenvalue weighted by Crippen LogP contribution is -2.55. The van der Waals surface area contributed by atoms with E-state index in [1.807, 2.05) is 6.07 Å². The smallest absolute Gasteiger partial charge is 0.339 e. The summed E-state index contributed by atoms with van der Waals surface area (Å²) < 4.78 is 55.9. The number of anilines is 1. The van der Waals surface area contributed by atoms with Gasteiger partial charge < -0.3 is 10.2 Å². The van der Waals surface area contributed by atoms with E-state index in [1.165, 1.54) is 47.2 Å². The molecule has 0 unspecified atom stereocenters. The van der Waals surface area contributed by atoms with E-state index in [0.717, 1.165) is 12.1 Å². The second kappa shape index (κ2) is 12.3. The molecule has 1 aromatic heterocycles. The maximum absolute atomic E-state index is 14.3. The van der Waals surface area contributed by atoms with Gasteiger partial charge in [-0.05, 0) is 60.9 Å². The molecule has 12 heteroatoms. The minimum absolute atomic E-state index is 0.0804. The largest absolute Gasteiger partial charge is 0.416 e. The van der Waals surface area contributed by atoms with Crippen LogP contribution < -0.4 is 10.2 Å². The predicted octanol–water partition coefficient (Wildman–Crippen LogP) is 4.92. The first-order valence-electron chi connectivity index (χ1n) is 13.9. The number of alkyl halides is 3. The molecule has 1 aliphatic heterocycles. The van der Waals surface area contributed by atoms with Crippen molar-refractivity contribution in [3.63, 3.8) is 0 Å². The van der Waals surface area contributed by atoms with Gasteiger partial charge in [-0.1, -0.05) is 36.4 Å². The predicted molar refractivity (Wildman–Crippen MR) is 158 cm³/mol. The van der Waals surface area contributed by atoms with Crippen molar-refractivity contribution in [2.45, 2.75) is 31.6 Å². The number of carbonyl (C=O) groups excluding carboxylic acids is 3. The van der Waals surface area contributed by atoms with E-state index in [0.29, 0.717) is 34.4 Å². The third-order valence-corrected chi connectivity index (χ3v) is 7.55. The third-order valence-electron chi connectivity index (χ3n) is 7.55. The lowest BCUT2D eigenvalue weighted by Gasteiger charge is -2.38. The van der Waals surface area contributed by atoms with Crippen LogP contribution in [-0.4, -0.2) is 52.0 Å². The highest BCUT2D eigenvalue weighted by Crippen LogP contribution is 2.44. The number of fused-ring (bicyclic) bond motifs is 1. The van der Waals surface area contributed by atoms with Crippen molar-refractivity contribution in [1.82, 2.24) is 20.0 Å². The van der Waals surface area contributed by atoms with Gasteiger partial charge in [0.2, 0.25) is 0 Å². The minimum Gasteiger partial charge on any atom is -0.339 e. The Morgan fingerprint density at radius 1 is 1.04 bits per heavy atom. The normalized spacial score (nSPS) is 16.1. The monoisotopic (exact) mass is 617 g/mol. The van der Waals surface area contributed by atoms with Gasteiger partial charge in [-0.25, -0.2) is 9.07 Å². The molecule has 2 heterocycles. The van der Waals surface area contributed by atoms with E-state index in [1.54, 1.807) is 35.9 Å². The quantitative estimate of drug-likeness (QED) is 0.236. The van der Waals surface area contributed by atoms with E-state index in [-0.39, 0.29) is 18.7 Å². The number of carbonyl (C=O) groups is 3. The molecule has 0 spiro atoms. The van der Waals surface area contributed by atoms with Gasteiger partial charge in [-0.3, -0.25) is 19.3 Å². The van der Waals surface area contributed by atoms with Crippen molar-refractivity contribution in [2.75, 3.05) is 18.5 Å². The number of terminal acetylenes is 1. The first-order valence-corrected chi connectivity index (χ1v) is 13.9. The average Bonchev–Trinajstić information content (AvgIpc) is 3.39. The van der Waals surface area contributed by atoms with E-state index < -0.39 is 47.2 Å². The molecule has 0 bridgehead atoms. The Bertz CT molecular complexity index is 1800. The second-order valence-electron chi connectivity index (χ2n) is 10.4. The molecule has 4 aromatic rings. The topological polar surface area (TPSA) is 87.5 Å². The number of nitrogens with one attached hydrogen (secondary N) is 1. The summed E-state index contributed by atoms with van der Waals surface area (Å²) in [4.78, 5) is 42.8. The van der Waals surface area contributed by atoms with Crippen LogP contribution in [0.3, 0.4) is 0 Å². The number of hydrogen-bond donors (Lipinski definition) is 1. The van der Waals surface area contributed by atoms with Crippen LogP contribution in [0.2, 0.25) is 0 Å². The van der Waals surface area contributed by atoms with E-state index in [9.17, 15) is 31.9 Å². The summed E-state index contributed by atoms with van der Waals surface area (Å²) in [6.45, 7) is 1.78. The first kappa shape index (κ1) is 31.0. The summed E-state index contributed by atoms with van der Waals surface area (Å²) >= 11 is 0. The molecule has 1 N–H and O–H groups in total. The SMILES string of the molecule is C#CC(=O)N(C)Cc1nn(-c2ccccc2)c2c1[C@H](c1ccc(F)cc1)[C@H](NC(=O)c1cccc(C(F)(F)F)c1)C(=O)N2CC. The number of aromatic nitrogens is 2. The summed E-state index contributed by atoms with van der Waals surface area (Å²) in [5, 5.41) is 7.46. The molecule has 0 radical (unpaired) electrons. The highest BCUT2D eigenvalue weighted by atomic mass is 19.4. The fourth-order valence-electron chi connectivity index (χ4n) is 5.44. The standard InChI is InChI=1S/C33H27F4N5O3/c1-4-26(43)40(3)19-25-28-27(20-14-16-23(34)17-15-20)29(38-30(44)21-10-9-11-22(18-21)33(35,36)37)32(45)41(5-2)31(28)42(39-25)24-12-7-6-8-13-24/h1,6-18,27,29H,5,19H2,2-3H3,(H,38,44)/t27-,29-/m0/s1. The number of hydrogen-bond acceptors (Lipinski definition) is 4. The van der Waals surface area contributed by atoms with Crippen LogP contribution in [0.1, 0.15) is 45.6 Å². The molecule has 1 aliphatic rings. The van der Waals surface area contributed by atoms with Crippen molar-refractivity contribution in [1.29, 1.82) is 0 Å². The number of rotatable bonds is 7. The van der Waals surface area contributed by atoms with Gasteiger partial charge in [0, 0.05) is 30.6 Å². The Labute approximate surface area is 256 Å². The van der Waals surface area contributed by atoms with Gasteiger partial charge in [0.25, 0.3) is 17.7 Å². The summed E-state index contributed by atoms with van der Waals surface area (Å²) in [7, 11) is 1.49. The maximum Gasteiger partial charge on any atom is 0.416 e. The molecule has 0 fully saturated rings. The summed E-state index contributed by atoms with van der Waals surface area (Å²) in [6.07, 6.45) is 0.661. The van der Waals surface area contributed by atoms with Crippen molar-refractivity contribution in [3.8, 4) is 18.0 Å². The van der Waals surface area contributed by atoms with Crippen molar-refractivity contribution in [3.05, 3.63) is 113 Å². The van der Waals surface area contributed by atoms with Crippen LogP contribution in [0.5, 0.6) is 0 Å². The highest BCUT2D eigenvalue weighted by Gasteiger charge is 2.46. The number of para-hydroxylation sites is 1. The Kier molecular flexibility index (Phi) is 8.46. The zero-order valence-corrected chi connectivity index (χ0v) is 24.2. The molecular formula is C33H27F4N5O3. The molecule has 0 saturated carbocycles. The highest BCUT2D eigenvalue weighted by molar-refractivity contribution is 6.05. The molecule has 3 amide bonds. The van der Waals surface area contributed by atoms with Gasteiger partial charge in [0.05, 0.1) is 23.5 Å². The first-order chi connectivity index (χ1) is 21.4. The molecule has 8 nitrogen and oxygen atoms in total. The third kappa shape index (κ3) is 6.02. The van der Waals surface area contributed by atoms with Crippen LogP contribution in [0.4, 0.5) is 23.4 Å². The molecule has 230 valence electrons. The molecule has 5 rings (SSSR count). The lowest BCUT2D eigenvalue weighted by atomic mass is 9.80. The number of amides is 3. The molecular weight excluding hydrogens is 590 g/mol. The summed E-state index contributed by atoms with van der Waals surface area (Å²) in [5.74, 6) is -1.19. The van der Waals surface area contributed by atoms with Crippen molar-refractivity contribution in [2.24, 2.45) is 0 Å². The van der Waals surface area contributed by atoms with E-state index >= 15 is 0 Å². The number of benzene rings is 3. The summed E-state index contributed by atoms with van der Waals surface area (Å²) in [6, 6.07) is 16.8. The van der Waals surface area contributed by atoms with Gasteiger partial charge in [0.1, 0.15) is 17.7 Å². The van der Waals surface area contributed by atoms with E-state index in [2.05, 4.69) is 11.2 Å². The van der Waals surface area contributed by atoms with Crippen molar-refractivity contribution >= 4 is 23.5 Å². The fraction of sp³-hybridized carbons (Fsp3) is 0.212. The maximum atomic E-state index is 14.3. The molecule has 0 saturated heterocycles. The van der Waals surface area contributed by atoms with Crippen LogP contribution in [-0.2, 0) is 22.3 Å². The van der Waals surface area contributed by atoms with Crippen LogP contribution in [0.25, 0.3) is 5.69 Å². The molecule has 45 heavy (non-hydrogen) atoms. The molecule has 0 aliphatic carbocycles. The number of halogens is 4. The van der Waals surface area contributed by atoms with E-state index in [4.69, 9.17) is 11.5 Å². The average molecular weight is 618 g/mol. The van der Waals surface area contributed by atoms with Gasteiger partial charge in [-0.2, -0.15) is 18.3 Å². The Hall–Kier alpha value is -5.44. The number of likely N-dealkylation sites (N-methyl/N-ethyl adjacent to an activating group) is 1. The zero-order valence-electron chi connectivity index (χ0n) is 24.2. The summed E-state index contributed by atoms with van der Waals surface area (Å²) in [5.41, 5.74) is 0.503. The fourth-order valence-corrected chi connectivity index (χ4v) is 5.44. The number of nitrogens with zero attached hydrogens (tertiary/aromatic N) is 4. The van der Waals surface area contributed by atoms with Crippen LogP contribution in [0.15, 0.2) is 78.9 Å². The van der Waals surface area contributed by atoms with Crippen molar-refractivity contribution < 1.29 is 31.9 Å². The second-order valence-corrected chi connectivity index (χ2v) is 10.4. The van der Waals surface area contributed by atoms with Gasteiger partial charge >= 0.3 is 6.18 Å². The Balaban J connectivity index is 1.72. The minimum atomic E-state index is -4.69.